The summed E-state index contributed by atoms with van der Waals surface area (Å²) in [6, 6.07) is 0. The number of carbonyl (C=O) groups is 1. The molecule has 0 aliphatic heterocycles. The van der Waals surface area contributed by atoms with Gasteiger partial charge in [0.05, 0.1) is 0 Å². The second-order valence-corrected chi connectivity index (χ2v) is 6.29. The zero-order valence-corrected chi connectivity index (χ0v) is 14.2. The SMILES string of the molecule is C=CCC(C=CC)C(C)=C(C)C1C=CCC(C(C)=O)C1C. The third kappa shape index (κ3) is 4.30. The van der Waals surface area contributed by atoms with Gasteiger partial charge in [0.1, 0.15) is 5.78 Å². The molecule has 0 radical (unpaired) electrons. The number of hydrogen-bond donors (Lipinski definition) is 0. The normalized spacial score (nSPS) is 28.3. The van der Waals surface area contributed by atoms with E-state index in [1.54, 1.807) is 6.92 Å². The molecule has 1 nitrogen and oxygen atoms in total. The molecule has 0 spiro atoms. The van der Waals surface area contributed by atoms with E-state index in [2.05, 4.69) is 58.6 Å². The van der Waals surface area contributed by atoms with Crippen molar-refractivity contribution in [1.82, 2.24) is 0 Å². The number of Topliss-reactive ketones (excluding diaryl/α,β-unsaturated/α-hetero) is 1. The summed E-state index contributed by atoms with van der Waals surface area (Å²) >= 11 is 0. The topological polar surface area (TPSA) is 17.1 Å². The summed E-state index contributed by atoms with van der Waals surface area (Å²) in [6.07, 6.45) is 12.7. The van der Waals surface area contributed by atoms with Crippen LogP contribution in [0.3, 0.4) is 0 Å². The fourth-order valence-electron chi connectivity index (χ4n) is 3.45. The Morgan fingerprint density at radius 3 is 2.57 bits per heavy atom. The van der Waals surface area contributed by atoms with Crippen LogP contribution in [0.25, 0.3) is 0 Å². The van der Waals surface area contributed by atoms with Crippen molar-refractivity contribution < 1.29 is 4.79 Å². The molecule has 0 fully saturated rings. The maximum absolute atomic E-state index is 11.8. The van der Waals surface area contributed by atoms with Crippen LogP contribution in [-0.4, -0.2) is 5.78 Å². The van der Waals surface area contributed by atoms with Crippen LogP contribution in [0, 0.1) is 23.7 Å². The molecule has 0 amide bonds. The van der Waals surface area contributed by atoms with E-state index >= 15 is 0 Å². The number of ketones is 1. The van der Waals surface area contributed by atoms with Crippen LogP contribution in [0.5, 0.6) is 0 Å². The Kier molecular flexibility index (Phi) is 6.87. The highest BCUT2D eigenvalue weighted by molar-refractivity contribution is 5.79. The van der Waals surface area contributed by atoms with Crippen LogP contribution in [0.4, 0.5) is 0 Å². The number of allylic oxidation sites excluding steroid dienone is 7. The van der Waals surface area contributed by atoms with Crippen LogP contribution in [0.2, 0.25) is 0 Å². The molecule has 21 heavy (non-hydrogen) atoms. The van der Waals surface area contributed by atoms with E-state index in [4.69, 9.17) is 0 Å². The van der Waals surface area contributed by atoms with Gasteiger partial charge in [-0.2, -0.15) is 0 Å². The van der Waals surface area contributed by atoms with E-state index in [-0.39, 0.29) is 5.92 Å². The molecule has 4 atom stereocenters. The molecule has 116 valence electrons. The summed E-state index contributed by atoms with van der Waals surface area (Å²) in [5.41, 5.74) is 2.83. The second-order valence-electron chi connectivity index (χ2n) is 6.29. The highest BCUT2D eigenvalue weighted by atomic mass is 16.1. The van der Waals surface area contributed by atoms with Gasteiger partial charge in [-0.3, -0.25) is 4.79 Å². The van der Waals surface area contributed by atoms with E-state index in [9.17, 15) is 4.79 Å². The van der Waals surface area contributed by atoms with Crippen molar-refractivity contribution in [2.75, 3.05) is 0 Å². The molecule has 1 heteroatoms. The first-order valence-corrected chi connectivity index (χ1v) is 8.02. The van der Waals surface area contributed by atoms with Crippen LogP contribution in [0.1, 0.15) is 47.5 Å². The third-order valence-corrected chi connectivity index (χ3v) is 4.98. The molecular formula is C20H30O. The Morgan fingerprint density at radius 1 is 1.38 bits per heavy atom. The molecule has 0 heterocycles. The molecule has 0 N–H and O–H groups in total. The van der Waals surface area contributed by atoms with Gasteiger partial charge in [-0.1, -0.05) is 48.5 Å². The molecule has 0 aromatic rings. The summed E-state index contributed by atoms with van der Waals surface area (Å²) in [6.45, 7) is 14.3. The minimum absolute atomic E-state index is 0.169. The van der Waals surface area contributed by atoms with Gasteiger partial charge in [0.15, 0.2) is 0 Å². The molecule has 0 aromatic carbocycles. The van der Waals surface area contributed by atoms with E-state index in [0.717, 1.165) is 12.8 Å². The van der Waals surface area contributed by atoms with Crippen LogP contribution in [0.15, 0.2) is 48.1 Å². The zero-order valence-electron chi connectivity index (χ0n) is 14.2. The quantitative estimate of drug-likeness (QED) is 0.588. The van der Waals surface area contributed by atoms with E-state index in [1.165, 1.54) is 11.1 Å². The maximum atomic E-state index is 11.8. The summed E-state index contributed by atoms with van der Waals surface area (Å²) in [4.78, 5) is 11.8. The van der Waals surface area contributed by atoms with Crippen LogP contribution >= 0.6 is 0 Å². The monoisotopic (exact) mass is 286 g/mol. The molecule has 0 saturated heterocycles. The second kappa shape index (κ2) is 8.17. The van der Waals surface area contributed by atoms with Crippen molar-refractivity contribution in [3.63, 3.8) is 0 Å². The first kappa shape index (κ1) is 17.7. The first-order chi connectivity index (χ1) is 9.93. The standard InChI is InChI=1S/C20H30O/c1-7-10-18(11-8-2)14(3)15(4)19-12-9-13-20(16(19)5)17(6)21/h7-9,11-12,16,18-20H,1,10,13H2,2-6H3. The van der Waals surface area contributed by atoms with Gasteiger partial charge in [0.2, 0.25) is 0 Å². The molecule has 1 rings (SSSR count). The van der Waals surface area contributed by atoms with Gasteiger partial charge >= 0.3 is 0 Å². The fourth-order valence-corrected chi connectivity index (χ4v) is 3.45. The Labute approximate surface area is 130 Å². The lowest BCUT2D eigenvalue weighted by Gasteiger charge is -2.33. The Hall–Kier alpha value is -1.37. The van der Waals surface area contributed by atoms with Crippen molar-refractivity contribution >= 4 is 5.78 Å². The van der Waals surface area contributed by atoms with Crippen molar-refractivity contribution in [1.29, 1.82) is 0 Å². The molecule has 1 aliphatic carbocycles. The summed E-state index contributed by atoms with van der Waals surface area (Å²) in [7, 11) is 0. The lowest BCUT2D eigenvalue weighted by molar-refractivity contribution is -0.122. The highest BCUT2D eigenvalue weighted by Gasteiger charge is 2.31. The van der Waals surface area contributed by atoms with Gasteiger partial charge < -0.3 is 0 Å². The predicted molar refractivity (Wildman–Crippen MR) is 92.1 cm³/mol. The summed E-state index contributed by atoms with van der Waals surface area (Å²) in [5.74, 6) is 1.68. The molecular weight excluding hydrogens is 256 g/mol. The highest BCUT2D eigenvalue weighted by Crippen LogP contribution is 2.37. The number of rotatable bonds is 6. The van der Waals surface area contributed by atoms with Crippen molar-refractivity contribution in [2.45, 2.75) is 47.5 Å². The van der Waals surface area contributed by atoms with Gasteiger partial charge in [-0.25, -0.2) is 0 Å². The van der Waals surface area contributed by atoms with Crippen molar-refractivity contribution in [3.05, 3.63) is 48.1 Å². The largest absolute Gasteiger partial charge is 0.300 e. The Balaban J connectivity index is 3.08. The first-order valence-electron chi connectivity index (χ1n) is 8.02. The van der Waals surface area contributed by atoms with Gasteiger partial charge in [0, 0.05) is 17.8 Å². The Bertz CT molecular complexity index is 464. The predicted octanol–water partition coefficient (Wildman–Crippen LogP) is 5.51. The van der Waals surface area contributed by atoms with Crippen molar-refractivity contribution in [2.24, 2.45) is 23.7 Å². The summed E-state index contributed by atoms with van der Waals surface area (Å²) < 4.78 is 0. The average molecular weight is 286 g/mol. The fraction of sp³-hybridized carbons (Fsp3) is 0.550. The van der Waals surface area contributed by atoms with E-state index < -0.39 is 0 Å². The molecule has 0 aromatic heterocycles. The third-order valence-electron chi connectivity index (χ3n) is 4.98. The minimum Gasteiger partial charge on any atom is -0.300 e. The van der Waals surface area contributed by atoms with Crippen molar-refractivity contribution in [3.8, 4) is 0 Å². The molecule has 4 unspecified atom stereocenters. The smallest absolute Gasteiger partial charge is 0.133 e. The van der Waals surface area contributed by atoms with Gasteiger partial charge in [-0.15, -0.1) is 6.58 Å². The van der Waals surface area contributed by atoms with Gasteiger partial charge in [0.25, 0.3) is 0 Å². The lowest BCUT2D eigenvalue weighted by Crippen LogP contribution is -2.29. The van der Waals surface area contributed by atoms with Crippen LogP contribution < -0.4 is 0 Å². The number of hydrogen-bond acceptors (Lipinski definition) is 1. The van der Waals surface area contributed by atoms with E-state index in [0.29, 0.717) is 23.5 Å². The average Bonchev–Trinajstić information content (AvgIpc) is 2.45. The van der Waals surface area contributed by atoms with E-state index in [1.807, 2.05) is 6.08 Å². The maximum Gasteiger partial charge on any atom is 0.133 e. The number of carbonyl (C=O) groups excluding carboxylic acids is 1. The molecule has 1 aliphatic rings. The van der Waals surface area contributed by atoms with Crippen LogP contribution in [-0.2, 0) is 4.79 Å². The molecule has 0 bridgehead atoms. The molecule has 0 saturated carbocycles. The zero-order chi connectivity index (χ0) is 16.0. The van der Waals surface area contributed by atoms with Gasteiger partial charge in [-0.05, 0) is 46.5 Å². The summed E-state index contributed by atoms with van der Waals surface area (Å²) in [5, 5.41) is 0. The lowest BCUT2D eigenvalue weighted by atomic mass is 9.71. The minimum atomic E-state index is 0.169. The Morgan fingerprint density at radius 2 is 2.05 bits per heavy atom.